The highest BCUT2D eigenvalue weighted by molar-refractivity contribution is 7.07. The largest absolute Gasteiger partial charge is 0.152 e. The third-order valence-corrected chi connectivity index (χ3v) is 4.10. The van der Waals surface area contributed by atoms with E-state index in [4.69, 9.17) is 0 Å². The Hall–Kier alpha value is -2.64. The summed E-state index contributed by atoms with van der Waals surface area (Å²) in [5.74, 6) is 0. The van der Waals surface area contributed by atoms with Crippen LogP contribution in [-0.2, 0) is 0 Å². The summed E-state index contributed by atoms with van der Waals surface area (Å²) in [6.07, 6.45) is 4.30. The molecule has 0 bridgehead atoms. The van der Waals surface area contributed by atoms with Gasteiger partial charge in [0.25, 0.3) is 0 Å². The zero-order chi connectivity index (χ0) is 15.7. The zero-order valence-corrected chi connectivity index (χ0v) is 13.6. The summed E-state index contributed by atoms with van der Waals surface area (Å²) in [4.78, 5) is 0. The minimum Gasteiger partial charge on any atom is -0.152 e. The van der Waals surface area contributed by atoms with Crippen LogP contribution in [-0.4, -0.2) is 0 Å². The van der Waals surface area contributed by atoms with Crippen molar-refractivity contribution in [1.29, 1.82) is 0 Å². The van der Waals surface area contributed by atoms with Crippen LogP contribution >= 0.6 is 11.3 Å². The number of hydrogen-bond donors (Lipinski definition) is 0. The molecular formula is C22H18S. The predicted molar refractivity (Wildman–Crippen MR) is 104 cm³/mol. The molecule has 1 heterocycles. The van der Waals surface area contributed by atoms with Crippen molar-refractivity contribution in [1.82, 2.24) is 0 Å². The zero-order valence-electron chi connectivity index (χ0n) is 12.8. The van der Waals surface area contributed by atoms with Gasteiger partial charge in [0.15, 0.2) is 0 Å². The molecule has 4 rings (SSSR count). The fourth-order valence-electron chi connectivity index (χ4n) is 2.29. The number of thiophene rings is 1. The Labute approximate surface area is 141 Å². The van der Waals surface area contributed by atoms with E-state index in [1.165, 1.54) is 21.9 Å². The third kappa shape index (κ3) is 4.67. The van der Waals surface area contributed by atoms with Crippen LogP contribution in [0.2, 0.25) is 0 Å². The molecule has 0 atom stereocenters. The predicted octanol–water partition coefficient (Wildman–Crippen LogP) is 6.76. The van der Waals surface area contributed by atoms with Crippen molar-refractivity contribution in [2.24, 2.45) is 0 Å². The van der Waals surface area contributed by atoms with E-state index in [2.05, 4.69) is 78.9 Å². The Kier molecular flexibility index (Phi) is 5.38. The molecule has 0 amide bonds. The Morgan fingerprint density at radius 3 is 1.87 bits per heavy atom. The minimum atomic E-state index is 1.23. The Bertz CT molecular complexity index is 842. The normalized spacial score (nSPS) is 10.4. The molecule has 112 valence electrons. The Morgan fingerprint density at radius 2 is 1.17 bits per heavy atom. The van der Waals surface area contributed by atoms with Crippen molar-refractivity contribution in [3.63, 3.8) is 0 Å². The van der Waals surface area contributed by atoms with Crippen LogP contribution in [0.4, 0.5) is 0 Å². The van der Waals surface area contributed by atoms with Gasteiger partial charge in [-0.2, -0.15) is 11.3 Å². The molecule has 0 saturated heterocycles. The molecule has 3 aromatic carbocycles. The average molecular weight is 314 g/mol. The summed E-state index contributed by atoms with van der Waals surface area (Å²) < 4.78 is 0. The molecule has 0 aliphatic rings. The van der Waals surface area contributed by atoms with E-state index in [1.807, 2.05) is 29.0 Å². The topological polar surface area (TPSA) is 0 Å². The lowest BCUT2D eigenvalue weighted by atomic mass is 10.1. The fourth-order valence-corrected chi connectivity index (χ4v) is 2.75. The number of benzene rings is 3. The van der Waals surface area contributed by atoms with Crippen LogP contribution in [0.25, 0.3) is 22.9 Å². The van der Waals surface area contributed by atoms with E-state index in [9.17, 15) is 0 Å². The van der Waals surface area contributed by atoms with Crippen LogP contribution in [0.3, 0.4) is 0 Å². The summed E-state index contributed by atoms with van der Waals surface area (Å²) in [7, 11) is 0. The van der Waals surface area contributed by atoms with Crippen LogP contribution < -0.4 is 0 Å². The fraction of sp³-hybridized carbons (Fsp3) is 0. The van der Waals surface area contributed by atoms with Crippen molar-refractivity contribution < 1.29 is 0 Å². The smallest absolute Gasteiger partial charge is 0.00934 e. The summed E-state index contributed by atoms with van der Waals surface area (Å²) in [6, 6.07) is 29.4. The molecule has 1 heteroatoms. The lowest BCUT2D eigenvalue weighted by molar-refractivity contribution is 1.66. The lowest BCUT2D eigenvalue weighted by Gasteiger charge is -1.99. The maximum Gasteiger partial charge on any atom is -0.00934 e. The van der Waals surface area contributed by atoms with E-state index in [-0.39, 0.29) is 0 Å². The van der Waals surface area contributed by atoms with Crippen LogP contribution in [0.1, 0.15) is 11.1 Å². The molecule has 0 saturated carbocycles. The quantitative estimate of drug-likeness (QED) is 0.359. The lowest BCUT2D eigenvalue weighted by Crippen LogP contribution is -1.75. The Balaban J connectivity index is 0.000000267. The standard InChI is InChI=1S/C18H14.C4H4S/c1-2-6-15(7-3-1)10-11-16-12-13-17-8-4-5-9-18(17)14-16;1-2-4-5-3-1/h1-14H;1-4H. The van der Waals surface area contributed by atoms with Gasteiger partial charge in [0.05, 0.1) is 0 Å². The SMILES string of the molecule is C(=Cc1ccc2ccccc2c1)c1ccccc1.c1ccsc1. The van der Waals surface area contributed by atoms with Gasteiger partial charge < -0.3 is 0 Å². The number of fused-ring (bicyclic) bond motifs is 1. The second kappa shape index (κ2) is 8.11. The maximum atomic E-state index is 2.22. The minimum absolute atomic E-state index is 1.23. The highest BCUT2D eigenvalue weighted by atomic mass is 32.1. The van der Waals surface area contributed by atoms with E-state index >= 15 is 0 Å². The molecule has 0 aliphatic carbocycles. The number of hydrogen-bond acceptors (Lipinski definition) is 1. The molecule has 0 N–H and O–H groups in total. The molecule has 0 unspecified atom stereocenters. The second-order valence-corrected chi connectivity index (χ2v) is 5.96. The van der Waals surface area contributed by atoms with Crippen molar-refractivity contribution in [2.45, 2.75) is 0 Å². The average Bonchev–Trinajstić information content (AvgIpc) is 3.21. The van der Waals surface area contributed by atoms with Gasteiger partial charge in [-0.15, -0.1) is 0 Å². The molecule has 0 nitrogen and oxygen atoms in total. The van der Waals surface area contributed by atoms with Gasteiger partial charge in [-0.3, -0.25) is 0 Å². The van der Waals surface area contributed by atoms with Gasteiger partial charge >= 0.3 is 0 Å². The molecule has 4 aromatic rings. The third-order valence-electron chi connectivity index (χ3n) is 3.47. The number of rotatable bonds is 2. The van der Waals surface area contributed by atoms with Gasteiger partial charge in [0.1, 0.15) is 0 Å². The van der Waals surface area contributed by atoms with Gasteiger partial charge in [0.2, 0.25) is 0 Å². The molecule has 0 radical (unpaired) electrons. The van der Waals surface area contributed by atoms with Gasteiger partial charge in [-0.1, -0.05) is 91.0 Å². The molecule has 1 aromatic heterocycles. The van der Waals surface area contributed by atoms with Gasteiger partial charge in [-0.05, 0) is 38.7 Å². The van der Waals surface area contributed by atoms with Crippen molar-refractivity contribution >= 4 is 34.3 Å². The van der Waals surface area contributed by atoms with Gasteiger partial charge in [-0.25, -0.2) is 0 Å². The van der Waals surface area contributed by atoms with E-state index in [0.29, 0.717) is 0 Å². The first kappa shape index (κ1) is 15.3. The first-order chi connectivity index (χ1) is 11.4. The summed E-state index contributed by atoms with van der Waals surface area (Å²) in [5.41, 5.74) is 2.46. The summed E-state index contributed by atoms with van der Waals surface area (Å²) >= 11 is 1.71. The molecule has 0 spiro atoms. The second-order valence-electron chi connectivity index (χ2n) is 5.14. The van der Waals surface area contributed by atoms with Crippen molar-refractivity contribution in [3.05, 3.63) is 107 Å². The van der Waals surface area contributed by atoms with Crippen LogP contribution in [0.5, 0.6) is 0 Å². The molecule has 23 heavy (non-hydrogen) atoms. The molecule has 0 fully saturated rings. The van der Waals surface area contributed by atoms with Gasteiger partial charge in [0, 0.05) is 0 Å². The summed E-state index contributed by atoms with van der Waals surface area (Å²) in [6.45, 7) is 0. The van der Waals surface area contributed by atoms with E-state index in [1.54, 1.807) is 11.3 Å². The summed E-state index contributed by atoms with van der Waals surface area (Å²) in [5, 5.41) is 6.65. The Morgan fingerprint density at radius 1 is 0.522 bits per heavy atom. The maximum absolute atomic E-state index is 2.22. The first-order valence-electron chi connectivity index (χ1n) is 7.61. The highest BCUT2D eigenvalue weighted by Crippen LogP contribution is 2.17. The first-order valence-corrected chi connectivity index (χ1v) is 8.55. The van der Waals surface area contributed by atoms with E-state index in [0.717, 1.165) is 0 Å². The highest BCUT2D eigenvalue weighted by Gasteiger charge is 1.92. The van der Waals surface area contributed by atoms with Crippen LogP contribution in [0.15, 0.2) is 95.7 Å². The van der Waals surface area contributed by atoms with E-state index < -0.39 is 0 Å². The van der Waals surface area contributed by atoms with Crippen LogP contribution in [0, 0.1) is 0 Å². The van der Waals surface area contributed by atoms with Crippen molar-refractivity contribution in [2.75, 3.05) is 0 Å². The monoisotopic (exact) mass is 314 g/mol. The molecular weight excluding hydrogens is 296 g/mol. The molecule has 0 aliphatic heterocycles. The van der Waals surface area contributed by atoms with Crippen molar-refractivity contribution in [3.8, 4) is 0 Å².